The second-order valence-corrected chi connectivity index (χ2v) is 1.29. The lowest BCUT2D eigenvalue weighted by molar-refractivity contribution is -0.125. The van der Waals surface area contributed by atoms with Gasteiger partial charge in [-0.25, -0.2) is 0 Å². The molecule has 1 radical (unpaired) electrons. The fourth-order valence-corrected chi connectivity index (χ4v) is 0.217. The number of halogens is 3. The van der Waals surface area contributed by atoms with Gasteiger partial charge < -0.3 is 0 Å². The maximum Gasteiger partial charge on any atom is 0.392 e. The van der Waals surface area contributed by atoms with Crippen molar-refractivity contribution >= 4 is 0 Å². The van der Waals surface area contributed by atoms with Crippen LogP contribution in [0.1, 0.15) is 6.42 Å². The Hall–Kier alpha value is -0.470. The van der Waals surface area contributed by atoms with E-state index in [9.17, 15) is 13.2 Å². The molecule has 0 bridgehead atoms. The molecule has 0 N–H and O–H groups in total. The van der Waals surface area contributed by atoms with Crippen LogP contribution in [0.4, 0.5) is 13.2 Å². The Morgan fingerprint density at radius 1 is 1.38 bits per heavy atom. The average Bonchev–Trinajstić information content (AvgIpc) is 1.59. The lowest BCUT2D eigenvalue weighted by atomic mass is 10.4. The fraction of sp³-hybridized carbons (Fsp3) is 0.400. The van der Waals surface area contributed by atoms with Crippen LogP contribution in [0.2, 0.25) is 0 Å². The molecule has 0 unspecified atom stereocenters. The van der Waals surface area contributed by atoms with E-state index in [1.54, 1.807) is 0 Å². The molecule has 3 heteroatoms. The maximum absolute atomic E-state index is 11.2. The predicted molar refractivity (Wildman–Crippen MR) is 25.2 cm³/mol. The molecule has 0 heterocycles. The molecule has 0 aliphatic carbocycles. The molecule has 0 fully saturated rings. The van der Waals surface area contributed by atoms with E-state index in [0.29, 0.717) is 0 Å². The molecule has 0 aromatic carbocycles. The topological polar surface area (TPSA) is 0 Å². The van der Waals surface area contributed by atoms with Crippen molar-refractivity contribution in [3.05, 3.63) is 19.1 Å². The largest absolute Gasteiger partial charge is 0.392 e. The van der Waals surface area contributed by atoms with Crippen molar-refractivity contribution < 1.29 is 13.2 Å². The quantitative estimate of drug-likeness (QED) is 0.502. The molecule has 0 rings (SSSR count). The van der Waals surface area contributed by atoms with Crippen molar-refractivity contribution in [2.24, 2.45) is 0 Å². The zero-order valence-corrected chi connectivity index (χ0v) is 4.20. The average molecular weight is 123 g/mol. The van der Waals surface area contributed by atoms with Crippen LogP contribution in [0.25, 0.3) is 0 Å². The third-order valence-corrected chi connectivity index (χ3v) is 0.516. The van der Waals surface area contributed by atoms with E-state index in [1.807, 2.05) is 0 Å². The molecule has 0 amide bonds. The first-order chi connectivity index (χ1) is 3.56. The van der Waals surface area contributed by atoms with Gasteiger partial charge in [-0.15, -0.1) is 0 Å². The molecule has 0 spiro atoms. The number of rotatable bonds is 1. The summed E-state index contributed by atoms with van der Waals surface area (Å²) in [5.41, 5.74) is 0. The van der Waals surface area contributed by atoms with E-state index in [0.717, 1.165) is 12.2 Å². The van der Waals surface area contributed by atoms with Crippen molar-refractivity contribution in [1.82, 2.24) is 0 Å². The van der Waals surface area contributed by atoms with Crippen LogP contribution >= 0.6 is 0 Å². The molecule has 0 aromatic rings. The molecule has 8 heavy (non-hydrogen) atoms. The first kappa shape index (κ1) is 7.53. The lowest BCUT2D eigenvalue weighted by Crippen LogP contribution is -2.03. The SMILES string of the molecule is [CH2]/C=C/CC(F)(F)F. The normalized spacial score (nSPS) is 13.0. The van der Waals surface area contributed by atoms with Gasteiger partial charge in [0.2, 0.25) is 0 Å². The Kier molecular flexibility index (Phi) is 2.58. The van der Waals surface area contributed by atoms with Crippen LogP contribution in [0.15, 0.2) is 12.2 Å². The summed E-state index contributed by atoms with van der Waals surface area (Å²) < 4.78 is 33.5. The predicted octanol–water partition coefficient (Wildman–Crippen LogP) is 2.33. The summed E-state index contributed by atoms with van der Waals surface area (Å²) >= 11 is 0. The minimum atomic E-state index is -4.08. The van der Waals surface area contributed by atoms with Crippen LogP contribution in [-0.2, 0) is 0 Å². The van der Waals surface area contributed by atoms with E-state index in [1.165, 1.54) is 0 Å². The van der Waals surface area contributed by atoms with Gasteiger partial charge >= 0.3 is 6.18 Å². The highest BCUT2D eigenvalue weighted by molar-refractivity contribution is 4.85. The van der Waals surface area contributed by atoms with Gasteiger partial charge in [-0.05, 0) is 6.92 Å². The second-order valence-electron chi connectivity index (χ2n) is 1.29. The third-order valence-electron chi connectivity index (χ3n) is 0.516. The number of hydrogen-bond donors (Lipinski definition) is 0. The Morgan fingerprint density at radius 3 is 2.00 bits per heavy atom. The van der Waals surface area contributed by atoms with Crippen LogP contribution in [0.5, 0.6) is 0 Å². The van der Waals surface area contributed by atoms with Gasteiger partial charge in [-0.2, -0.15) is 13.2 Å². The molecule has 0 aliphatic heterocycles. The fourth-order valence-electron chi connectivity index (χ4n) is 0.217. The van der Waals surface area contributed by atoms with Gasteiger partial charge in [-0.1, -0.05) is 12.2 Å². The van der Waals surface area contributed by atoms with Crippen LogP contribution in [0, 0.1) is 6.92 Å². The van der Waals surface area contributed by atoms with Crippen molar-refractivity contribution in [3.8, 4) is 0 Å². The highest BCUT2D eigenvalue weighted by Gasteiger charge is 2.24. The van der Waals surface area contributed by atoms with Crippen molar-refractivity contribution in [2.75, 3.05) is 0 Å². The number of allylic oxidation sites excluding steroid dienone is 2. The minimum Gasteiger partial charge on any atom is -0.171 e. The van der Waals surface area contributed by atoms with Crippen molar-refractivity contribution in [3.63, 3.8) is 0 Å². The van der Waals surface area contributed by atoms with E-state index in [2.05, 4.69) is 6.92 Å². The van der Waals surface area contributed by atoms with E-state index >= 15 is 0 Å². The molecular formula is C5H6F3. The Morgan fingerprint density at radius 2 is 1.88 bits per heavy atom. The molecule has 0 aliphatic rings. The molecule has 0 atom stereocenters. The van der Waals surface area contributed by atoms with E-state index < -0.39 is 12.6 Å². The van der Waals surface area contributed by atoms with Crippen LogP contribution < -0.4 is 0 Å². The zero-order chi connectivity index (χ0) is 6.62. The number of hydrogen-bond acceptors (Lipinski definition) is 0. The molecule has 0 aromatic heterocycles. The van der Waals surface area contributed by atoms with Gasteiger partial charge in [0.25, 0.3) is 0 Å². The van der Waals surface area contributed by atoms with Gasteiger partial charge in [0, 0.05) is 0 Å². The summed E-state index contributed by atoms with van der Waals surface area (Å²) in [6.45, 7) is 3.11. The Labute approximate surface area is 46.0 Å². The summed E-state index contributed by atoms with van der Waals surface area (Å²) in [7, 11) is 0. The highest BCUT2D eigenvalue weighted by Crippen LogP contribution is 2.19. The van der Waals surface area contributed by atoms with E-state index in [-0.39, 0.29) is 0 Å². The van der Waals surface area contributed by atoms with E-state index in [4.69, 9.17) is 0 Å². The Bertz CT molecular complexity index is 80.2. The summed E-state index contributed by atoms with van der Waals surface area (Å²) in [6.07, 6.45) is -2.85. The third kappa shape index (κ3) is 5.53. The molecule has 0 saturated carbocycles. The molecular weight excluding hydrogens is 117 g/mol. The first-order valence-electron chi connectivity index (χ1n) is 2.07. The van der Waals surface area contributed by atoms with Gasteiger partial charge in [0.15, 0.2) is 0 Å². The molecule has 0 nitrogen and oxygen atoms in total. The maximum atomic E-state index is 11.2. The van der Waals surface area contributed by atoms with Gasteiger partial charge in [-0.3, -0.25) is 0 Å². The zero-order valence-electron chi connectivity index (χ0n) is 4.20. The summed E-state index contributed by atoms with van der Waals surface area (Å²) in [5.74, 6) is 0. The van der Waals surface area contributed by atoms with Gasteiger partial charge in [0.05, 0.1) is 6.42 Å². The van der Waals surface area contributed by atoms with Crippen LogP contribution in [0.3, 0.4) is 0 Å². The summed E-state index contributed by atoms with van der Waals surface area (Å²) in [4.78, 5) is 0. The van der Waals surface area contributed by atoms with Crippen molar-refractivity contribution in [1.29, 1.82) is 0 Å². The first-order valence-corrected chi connectivity index (χ1v) is 2.07. The van der Waals surface area contributed by atoms with Crippen LogP contribution in [-0.4, -0.2) is 6.18 Å². The summed E-state index contributed by atoms with van der Waals surface area (Å²) in [6, 6.07) is 0. The van der Waals surface area contributed by atoms with Crippen molar-refractivity contribution in [2.45, 2.75) is 12.6 Å². The summed E-state index contributed by atoms with van der Waals surface area (Å²) in [5, 5.41) is 0. The smallest absolute Gasteiger partial charge is 0.171 e. The second kappa shape index (κ2) is 2.74. The standard InChI is InChI=1S/C5H6F3/c1-2-3-4-5(6,7)8/h2-3H,1,4H2/b3-2+. The molecule has 0 saturated heterocycles. The lowest BCUT2D eigenvalue weighted by Gasteiger charge is -1.98. The molecule has 47 valence electrons. The number of alkyl halides is 3. The highest BCUT2D eigenvalue weighted by atomic mass is 19.4. The monoisotopic (exact) mass is 123 g/mol. The minimum absolute atomic E-state index is 0.878. The van der Waals surface area contributed by atoms with Gasteiger partial charge in [0.1, 0.15) is 0 Å². The Balaban J connectivity index is 3.39.